The largest absolute Gasteiger partial charge is 0.491 e. The normalized spacial score (nSPS) is 21.5. The maximum atomic E-state index is 5.72. The molecule has 2 rings (SSSR count). The Labute approximate surface area is 129 Å². The van der Waals surface area contributed by atoms with Gasteiger partial charge in [0.25, 0.3) is 0 Å². The van der Waals surface area contributed by atoms with E-state index >= 15 is 0 Å². The molecule has 0 saturated carbocycles. The van der Waals surface area contributed by atoms with Crippen LogP contribution < -0.4 is 10.5 Å². The summed E-state index contributed by atoms with van der Waals surface area (Å²) in [7, 11) is 0. The lowest BCUT2D eigenvalue weighted by atomic mass is 9.93. The van der Waals surface area contributed by atoms with Crippen LogP contribution in [0.2, 0.25) is 0 Å². The Morgan fingerprint density at radius 3 is 2.57 bits per heavy atom. The zero-order valence-corrected chi connectivity index (χ0v) is 13.7. The highest BCUT2D eigenvalue weighted by atomic mass is 16.5. The van der Waals surface area contributed by atoms with Crippen molar-refractivity contribution in [3.63, 3.8) is 0 Å². The van der Waals surface area contributed by atoms with Gasteiger partial charge in [-0.05, 0) is 76.7 Å². The van der Waals surface area contributed by atoms with Gasteiger partial charge >= 0.3 is 0 Å². The van der Waals surface area contributed by atoms with E-state index in [9.17, 15) is 0 Å². The van der Waals surface area contributed by atoms with E-state index in [2.05, 4.69) is 49.9 Å². The van der Waals surface area contributed by atoms with Crippen LogP contribution in [0.5, 0.6) is 5.75 Å². The second kappa shape index (κ2) is 7.81. The van der Waals surface area contributed by atoms with Crippen molar-refractivity contribution in [1.29, 1.82) is 0 Å². The maximum Gasteiger partial charge on any atom is 0.119 e. The van der Waals surface area contributed by atoms with Crippen molar-refractivity contribution in [2.24, 2.45) is 11.7 Å². The van der Waals surface area contributed by atoms with E-state index in [1.807, 2.05) is 0 Å². The number of nitrogens with two attached hydrogens (primary N) is 1. The Morgan fingerprint density at radius 1 is 1.24 bits per heavy atom. The van der Waals surface area contributed by atoms with Gasteiger partial charge in [0.2, 0.25) is 0 Å². The molecule has 0 radical (unpaired) electrons. The third-order valence-electron chi connectivity index (χ3n) is 4.41. The third-order valence-corrected chi connectivity index (χ3v) is 4.41. The summed E-state index contributed by atoms with van der Waals surface area (Å²) in [6.45, 7) is 9.62. The van der Waals surface area contributed by atoms with Gasteiger partial charge in [-0.2, -0.15) is 0 Å². The van der Waals surface area contributed by atoms with E-state index in [1.165, 1.54) is 31.5 Å². The quantitative estimate of drug-likeness (QED) is 0.870. The van der Waals surface area contributed by atoms with Crippen molar-refractivity contribution >= 4 is 0 Å². The van der Waals surface area contributed by atoms with E-state index < -0.39 is 0 Å². The Morgan fingerprint density at radius 2 is 1.95 bits per heavy atom. The minimum atomic E-state index is 0.229. The number of rotatable bonds is 6. The van der Waals surface area contributed by atoms with Gasteiger partial charge in [-0.3, -0.25) is 4.90 Å². The molecule has 21 heavy (non-hydrogen) atoms. The van der Waals surface area contributed by atoms with Crippen molar-refractivity contribution in [3.05, 3.63) is 29.8 Å². The van der Waals surface area contributed by atoms with Crippen LogP contribution in [0.1, 0.15) is 51.6 Å². The molecule has 2 atom stereocenters. The highest BCUT2D eigenvalue weighted by Gasteiger charge is 2.23. The van der Waals surface area contributed by atoms with E-state index in [4.69, 9.17) is 10.5 Å². The summed E-state index contributed by atoms with van der Waals surface area (Å²) in [4.78, 5) is 2.60. The minimum absolute atomic E-state index is 0.229. The van der Waals surface area contributed by atoms with Crippen molar-refractivity contribution in [2.75, 3.05) is 19.6 Å². The molecule has 0 aliphatic carbocycles. The lowest BCUT2D eigenvalue weighted by Gasteiger charge is -2.37. The SMILES string of the molecule is CC(C)Oc1ccc(C(C)N2CCCC(CCN)C2)cc1. The van der Waals surface area contributed by atoms with Gasteiger partial charge in [-0.1, -0.05) is 12.1 Å². The molecule has 1 aromatic rings. The predicted octanol–water partition coefficient (Wildman–Crippen LogP) is 3.60. The smallest absolute Gasteiger partial charge is 0.119 e. The van der Waals surface area contributed by atoms with Crippen LogP contribution in [0.15, 0.2) is 24.3 Å². The summed E-state index contributed by atoms with van der Waals surface area (Å²) >= 11 is 0. The highest BCUT2D eigenvalue weighted by Crippen LogP contribution is 2.28. The number of benzene rings is 1. The summed E-state index contributed by atoms with van der Waals surface area (Å²) in [5, 5.41) is 0. The second-order valence-electron chi connectivity index (χ2n) is 6.49. The fourth-order valence-electron chi connectivity index (χ4n) is 3.23. The molecule has 0 aromatic heterocycles. The molecule has 1 aliphatic rings. The van der Waals surface area contributed by atoms with Gasteiger partial charge in [0.15, 0.2) is 0 Å². The fraction of sp³-hybridized carbons (Fsp3) is 0.667. The first-order chi connectivity index (χ1) is 10.1. The van der Waals surface area contributed by atoms with Gasteiger partial charge in [0.05, 0.1) is 6.10 Å². The number of piperidine rings is 1. The Balaban J connectivity index is 1.97. The molecule has 2 unspecified atom stereocenters. The van der Waals surface area contributed by atoms with E-state index in [1.54, 1.807) is 0 Å². The maximum absolute atomic E-state index is 5.72. The molecule has 0 amide bonds. The number of nitrogens with zero attached hydrogens (tertiary/aromatic N) is 1. The van der Waals surface area contributed by atoms with Crippen molar-refractivity contribution in [1.82, 2.24) is 4.90 Å². The molecule has 0 spiro atoms. The average Bonchev–Trinajstić information content (AvgIpc) is 2.47. The first-order valence-electron chi connectivity index (χ1n) is 8.31. The fourth-order valence-corrected chi connectivity index (χ4v) is 3.23. The summed E-state index contributed by atoms with van der Waals surface area (Å²) in [6.07, 6.45) is 4.02. The molecule has 1 heterocycles. The molecule has 1 aliphatic heterocycles. The molecular weight excluding hydrogens is 260 g/mol. The molecule has 3 nitrogen and oxygen atoms in total. The molecule has 1 aromatic carbocycles. The van der Waals surface area contributed by atoms with Crippen LogP contribution in [0.3, 0.4) is 0 Å². The van der Waals surface area contributed by atoms with E-state index in [0.717, 1.165) is 24.6 Å². The number of ether oxygens (including phenoxy) is 1. The van der Waals surface area contributed by atoms with Gasteiger partial charge in [0.1, 0.15) is 5.75 Å². The highest BCUT2D eigenvalue weighted by molar-refractivity contribution is 5.29. The van der Waals surface area contributed by atoms with Crippen molar-refractivity contribution in [3.8, 4) is 5.75 Å². The van der Waals surface area contributed by atoms with Gasteiger partial charge < -0.3 is 10.5 Å². The van der Waals surface area contributed by atoms with Gasteiger partial charge in [0, 0.05) is 12.6 Å². The first-order valence-corrected chi connectivity index (χ1v) is 8.31. The monoisotopic (exact) mass is 290 g/mol. The lowest BCUT2D eigenvalue weighted by molar-refractivity contribution is 0.128. The first kappa shape index (κ1) is 16.3. The number of likely N-dealkylation sites (tertiary alicyclic amines) is 1. The van der Waals surface area contributed by atoms with Gasteiger partial charge in [-0.15, -0.1) is 0 Å². The summed E-state index contributed by atoms with van der Waals surface area (Å²) in [5.41, 5.74) is 7.09. The molecule has 1 fully saturated rings. The molecule has 0 bridgehead atoms. The van der Waals surface area contributed by atoms with E-state index in [-0.39, 0.29) is 6.10 Å². The molecule has 118 valence electrons. The standard InChI is InChI=1S/C18H30N2O/c1-14(2)21-18-8-6-17(7-9-18)15(3)20-12-4-5-16(13-20)10-11-19/h6-9,14-16H,4-5,10-13,19H2,1-3H3. The molecule has 2 N–H and O–H groups in total. The van der Waals surface area contributed by atoms with Crippen LogP contribution in [0, 0.1) is 5.92 Å². The summed E-state index contributed by atoms with van der Waals surface area (Å²) < 4.78 is 5.72. The molecular formula is C18H30N2O. The van der Waals surface area contributed by atoms with Gasteiger partial charge in [-0.25, -0.2) is 0 Å². The summed E-state index contributed by atoms with van der Waals surface area (Å²) in [5.74, 6) is 1.73. The van der Waals surface area contributed by atoms with E-state index in [0.29, 0.717) is 6.04 Å². The topological polar surface area (TPSA) is 38.5 Å². The number of hydrogen-bond acceptors (Lipinski definition) is 3. The minimum Gasteiger partial charge on any atom is -0.491 e. The zero-order valence-electron chi connectivity index (χ0n) is 13.7. The predicted molar refractivity (Wildman–Crippen MR) is 88.6 cm³/mol. The summed E-state index contributed by atoms with van der Waals surface area (Å²) in [6, 6.07) is 9.06. The zero-order chi connectivity index (χ0) is 15.2. The second-order valence-corrected chi connectivity index (χ2v) is 6.49. The van der Waals surface area contributed by atoms with Crippen molar-refractivity contribution in [2.45, 2.75) is 52.2 Å². The molecule has 3 heteroatoms. The van der Waals surface area contributed by atoms with Crippen LogP contribution in [0.4, 0.5) is 0 Å². The Hall–Kier alpha value is -1.06. The average molecular weight is 290 g/mol. The van der Waals surface area contributed by atoms with Crippen LogP contribution in [-0.4, -0.2) is 30.6 Å². The van der Waals surface area contributed by atoms with Crippen molar-refractivity contribution < 1.29 is 4.74 Å². The van der Waals surface area contributed by atoms with Crippen LogP contribution in [0.25, 0.3) is 0 Å². The lowest BCUT2D eigenvalue weighted by Crippen LogP contribution is -2.37. The van der Waals surface area contributed by atoms with Crippen LogP contribution in [-0.2, 0) is 0 Å². The van der Waals surface area contributed by atoms with Crippen LogP contribution >= 0.6 is 0 Å². The molecule has 1 saturated heterocycles. The Bertz CT molecular complexity index is 414. The number of hydrogen-bond donors (Lipinski definition) is 1. The Kier molecular flexibility index (Phi) is 6.07. The third kappa shape index (κ3) is 4.72.